The number of anilines is 2. The van der Waals surface area contributed by atoms with Crippen LogP contribution in [0.2, 0.25) is 0 Å². The summed E-state index contributed by atoms with van der Waals surface area (Å²) in [7, 11) is 0. The highest BCUT2D eigenvalue weighted by atomic mass is 19.1. The zero-order valence-corrected chi connectivity index (χ0v) is 24.7. The number of aryl methyl sites for hydroxylation is 1. The zero-order valence-electron chi connectivity index (χ0n) is 24.7. The normalized spacial score (nSPS) is 19.7. The van der Waals surface area contributed by atoms with E-state index in [-0.39, 0.29) is 22.8 Å². The van der Waals surface area contributed by atoms with Crippen molar-refractivity contribution in [3.63, 3.8) is 0 Å². The molecule has 2 aliphatic rings. The van der Waals surface area contributed by atoms with Gasteiger partial charge in [0.15, 0.2) is 0 Å². The topological polar surface area (TPSA) is 61.4 Å². The van der Waals surface area contributed by atoms with Gasteiger partial charge in [0.2, 0.25) is 5.91 Å². The van der Waals surface area contributed by atoms with Crippen LogP contribution in [-0.4, -0.2) is 29.3 Å². The summed E-state index contributed by atoms with van der Waals surface area (Å²) in [6.07, 6.45) is 6.15. The third-order valence-corrected chi connectivity index (χ3v) is 8.64. The molecule has 1 aliphatic carbocycles. The number of amides is 2. The van der Waals surface area contributed by atoms with E-state index in [2.05, 4.69) is 37.5 Å². The van der Waals surface area contributed by atoms with Crippen molar-refractivity contribution in [2.45, 2.75) is 83.7 Å². The van der Waals surface area contributed by atoms with Gasteiger partial charge in [0.25, 0.3) is 5.91 Å². The molecule has 5 nitrogen and oxygen atoms in total. The van der Waals surface area contributed by atoms with E-state index >= 15 is 0 Å². The van der Waals surface area contributed by atoms with Gasteiger partial charge in [0.05, 0.1) is 17.5 Å². The van der Waals surface area contributed by atoms with Crippen molar-refractivity contribution >= 4 is 23.2 Å². The lowest BCUT2D eigenvalue weighted by atomic mass is 9.83. The molecule has 1 saturated carbocycles. The molecule has 1 aliphatic heterocycles. The first kappa shape index (κ1) is 28.8. The van der Waals surface area contributed by atoms with E-state index in [9.17, 15) is 14.0 Å². The Hall–Kier alpha value is -3.67. The van der Waals surface area contributed by atoms with Gasteiger partial charge in [0.1, 0.15) is 5.82 Å². The van der Waals surface area contributed by atoms with E-state index in [1.54, 1.807) is 24.0 Å². The molecule has 6 heteroatoms. The Bertz CT molecular complexity index is 1370. The lowest BCUT2D eigenvalue weighted by Crippen LogP contribution is -2.46. The van der Waals surface area contributed by atoms with Gasteiger partial charge < -0.3 is 15.5 Å². The van der Waals surface area contributed by atoms with Crippen LogP contribution in [0.15, 0.2) is 66.7 Å². The Balaban J connectivity index is 1.47. The predicted octanol–water partition coefficient (Wildman–Crippen LogP) is 8.02. The molecule has 216 valence electrons. The van der Waals surface area contributed by atoms with Crippen molar-refractivity contribution in [1.82, 2.24) is 4.90 Å². The van der Waals surface area contributed by atoms with Gasteiger partial charge in [-0.2, -0.15) is 0 Å². The molecule has 41 heavy (non-hydrogen) atoms. The summed E-state index contributed by atoms with van der Waals surface area (Å²) in [5, 5.41) is 6.76. The summed E-state index contributed by atoms with van der Waals surface area (Å²) < 4.78 is 15.0. The molecule has 0 radical (unpaired) electrons. The Morgan fingerprint density at radius 1 is 0.878 bits per heavy atom. The van der Waals surface area contributed by atoms with Crippen molar-refractivity contribution in [3.8, 4) is 0 Å². The van der Waals surface area contributed by atoms with Crippen molar-refractivity contribution in [1.29, 1.82) is 0 Å². The lowest BCUT2D eigenvalue weighted by Gasteiger charge is -2.41. The van der Waals surface area contributed by atoms with E-state index in [0.717, 1.165) is 22.5 Å². The summed E-state index contributed by atoms with van der Waals surface area (Å²) in [6, 6.07) is 20.7. The molecular formula is C35H42FN3O2. The number of nitrogens with zero attached hydrogens (tertiary/aromatic N) is 1. The monoisotopic (exact) mass is 555 g/mol. The van der Waals surface area contributed by atoms with Crippen LogP contribution in [0.4, 0.5) is 15.8 Å². The molecule has 0 aromatic heterocycles. The van der Waals surface area contributed by atoms with E-state index in [1.807, 2.05) is 42.5 Å². The van der Waals surface area contributed by atoms with Crippen molar-refractivity contribution in [3.05, 3.63) is 94.8 Å². The molecule has 1 unspecified atom stereocenters. The molecule has 2 amide bonds. The van der Waals surface area contributed by atoms with Crippen LogP contribution in [0.3, 0.4) is 0 Å². The predicted molar refractivity (Wildman–Crippen MR) is 164 cm³/mol. The first-order chi connectivity index (χ1) is 19.6. The summed E-state index contributed by atoms with van der Waals surface area (Å²) in [5.41, 5.74) is 4.42. The van der Waals surface area contributed by atoms with Gasteiger partial charge in [-0.05, 0) is 85.0 Å². The molecular weight excluding hydrogens is 513 g/mol. The number of rotatable bonds is 6. The Morgan fingerprint density at radius 3 is 2.27 bits per heavy atom. The third kappa shape index (κ3) is 6.47. The quantitative estimate of drug-likeness (QED) is 0.324. The van der Waals surface area contributed by atoms with Crippen LogP contribution in [0.5, 0.6) is 0 Å². The fraction of sp³-hybridized carbons (Fsp3) is 0.429. The minimum Gasteiger partial charge on any atom is -0.382 e. The molecule has 1 heterocycles. The molecule has 1 saturated heterocycles. The molecule has 3 aromatic rings. The zero-order chi connectivity index (χ0) is 29.1. The number of nitrogens with one attached hydrogen (secondary N) is 2. The van der Waals surface area contributed by atoms with Gasteiger partial charge in [-0.25, -0.2) is 4.39 Å². The molecule has 2 N–H and O–H groups in total. The van der Waals surface area contributed by atoms with Gasteiger partial charge in [-0.15, -0.1) is 0 Å². The number of piperidine rings is 1. The summed E-state index contributed by atoms with van der Waals surface area (Å²) in [5.74, 6) is -1.51. The maximum Gasteiger partial charge on any atom is 0.257 e. The third-order valence-electron chi connectivity index (χ3n) is 8.64. The maximum absolute atomic E-state index is 15.0. The molecule has 2 fully saturated rings. The lowest BCUT2D eigenvalue weighted by molar-refractivity contribution is -0.123. The largest absolute Gasteiger partial charge is 0.382 e. The number of hydrogen-bond acceptors (Lipinski definition) is 3. The fourth-order valence-corrected chi connectivity index (χ4v) is 6.34. The number of carbonyl (C=O) groups excluding carboxylic acids is 2. The second-order valence-corrected chi connectivity index (χ2v) is 12.7. The van der Waals surface area contributed by atoms with Crippen LogP contribution in [0, 0.1) is 18.7 Å². The Morgan fingerprint density at radius 2 is 1.59 bits per heavy atom. The van der Waals surface area contributed by atoms with E-state index in [4.69, 9.17) is 0 Å². The molecule has 0 spiro atoms. The van der Waals surface area contributed by atoms with Gasteiger partial charge in [-0.1, -0.05) is 70.0 Å². The molecule has 5 rings (SSSR count). The first-order valence-corrected chi connectivity index (χ1v) is 15.0. The molecule has 2 atom stereocenters. The van der Waals surface area contributed by atoms with Gasteiger partial charge in [-0.3, -0.25) is 9.59 Å². The first-order valence-electron chi connectivity index (χ1n) is 15.0. The minimum atomic E-state index is -0.532. The minimum absolute atomic E-state index is 0.0524. The average molecular weight is 556 g/mol. The summed E-state index contributed by atoms with van der Waals surface area (Å²) >= 11 is 0. The van der Waals surface area contributed by atoms with Crippen molar-refractivity contribution in [2.24, 2.45) is 5.92 Å². The Labute approximate surface area is 243 Å². The maximum atomic E-state index is 15.0. The number of halogens is 1. The highest BCUT2D eigenvalue weighted by Gasteiger charge is 2.40. The number of carbonyl (C=O) groups is 2. The van der Waals surface area contributed by atoms with Crippen molar-refractivity contribution < 1.29 is 14.0 Å². The second-order valence-electron chi connectivity index (χ2n) is 12.7. The van der Waals surface area contributed by atoms with Gasteiger partial charge in [0, 0.05) is 24.0 Å². The number of benzene rings is 3. The van der Waals surface area contributed by atoms with Crippen molar-refractivity contribution in [2.75, 3.05) is 17.2 Å². The number of likely N-dealkylation sites (tertiary alicyclic amines) is 1. The fourth-order valence-electron chi connectivity index (χ4n) is 6.34. The smallest absolute Gasteiger partial charge is 0.257 e. The van der Waals surface area contributed by atoms with Gasteiger partial charge >= 0.3 is 0 Å². The van der Waals surface area contributed by atoms with E-state index in [1.165, 1.54) is 31.7 Å². The number of hydrogen-bond donors (Lipinski definition) is 2. The Kier molecular flexibility index (Phi) is 8.48. The van der Waals surface area contributed by atoms with Crippen LogP contribution in [-0.2, 0) is 10.2 Å². The van der Waals surface area contributed by atoms with Crippen LogP contribution >= 0.6 is 0 Å². The van der Waals surface area contributed by atoms with Crippen LogP contribution < -0.4 is 10.6 Å². The average Bonchev–Trinajstić information content (AvgIpc) is 3.46. The van der Waals surface area contributed by atoms with Crippen LogP contribution in [0.25, 0.3) is 0 Å². The molecule has 0 bridgehead atoms. The van der Waals surface area contributed by atoms with E-state index in [0.29, 0.717) is 31.0 Å². The highest BCUT2D eigenvalue weighted by Crippen LogP contribution is 2.39. The SMILES string of the molecule is Cc1cccc(F)c1C(=O)N1CCC[C@H](C(=O)Nc2cccc(C(C)(C)C)c2)C1c1ccc(NC2CCCC2)cc1. The van der Waals surface area contributed by atoms with E-state index < -0.39 is 17.8 Å². The summed E-state index contributed by atoms with van der Waals surface area (Å²) in [6.45, 7) is 8.65. The second kappa shape index (κ2) is 12.1. The standard InChI is InChI=1S/C35H42FN3O2/c1-23-10-7-16-30(36)31(23)34(41)39-21-9-15-29(33(40)38-28-14-8-11-25(22-28)35(2,3)4)32(39)24-17-19-27(20-18-24)37-26-12-5-6-13-26/h7-8,10-11,14,16-20,22,26,29,32,37H,5-6,9,12-13,15,21H2,1-4H3,(H,38,40)/t29-,32?/m0/s1. The molecule has 3 aromatic carbocycles. The highest BCUT2D eigenvalue weighted by molar-refractivity contribution is 5.98. The van der Waals surface area contributed by atoms with Crippen LogP contribution in [0.1, 0.15) is 92.4 Å². The summed E-state index contributed by atoms with van der Waals surface area (Å²) in [4.78, 5) is 29.6.